The number of aromatic amines is 1. The summed E-state index contributed by atoms with van der Waals surface area (Å²) in [5.74, 6) is 0.0182. The van der Waals surface area contributed by atoms with Gasteiger partial charge in [0.2, 0.25) is 0 Å². The number of aromatic nitrogens is 2. The van der Waals surface area contributed by atoms with Crippen LogP contribution in [-0.2, 0) is 4.79 Å². The summed E-state index contributed by atoms with van der Waals surface area (Å²) in [5, 5.41) is 8.33. The van der Waals surface area contributed by atoms with Gasteiger partial charge in [-0.25, -0.2) is 4.79 Å². The molecule has 1 N–H and O–H groups in total. The third-order valence-electron chi connectivity index (χ3n) is 5.41. The number of esters is 1. The maximum atomic E-state index is 12.1. The first kappa shape index (κ1) is 20.4. The van der Waals surface area contributed by atoms with E-state index in [1.165, 1.54) is 22.8 Å². The van der Waals surface area contributed by atoms with Crippen molar-refractivity contribution in [1.29, 1.82) is 0 Å². The normalized spacial score (nSPS) is 11.8. The summed E-state index contributed by atoms with van der Waals surface area (Å²) in [6.45, 7) is 7.80. The minimum Gasteiger partial charge on any atom is -0.423 e. The molecule has 4 nitrogen and oxygen atoms in total. The number of allylic oxidation sites excluding steroid dienone is 1. The van der Waals surface area contributed by atoms with Crippen LogP contribution in [0, 0.1) is 6.92 Å². The van der Waals surface area contributed by atoms with Gasteiger partial charge in [-0.2, -0.15) is 5.10 Å². The van der Waals surface area contributed by atoms with Crippen molar-refractivity contribution in [3.8, 4) is 5.75 Å². The number of H-pyrrole nitrogens is 1. The van der Waals surface area contributed by atoms with Crippen LogP contribution in [0.25, 0.3) is 22.0 Å². The van der Waals surface area contributed by atoms with Crippen LogP contribution in [0.5, 0.6) is 5.75 Å². The third-order valence-corrected chi connectivity index (χ3v) is 5.41. The van der Waals surface area contributed by atoms with Crippen LogP contribution >= 0.6 is 0 Å². The van der Waals surface area contributed by atoms with Gasteiger partial charge in [0.15, 0.2) is 0 Å². The molecule has 4 aromatic rings. The molecule has 0 unspecified atom stereocenters. The first-order valence-electron chi connectivity index (χ1n) is 10.3. The Balaban J connectivity index is 2.09. The second-order valence-electron chi connectivity index (χ2n) is 7.28. The molecule has 0 aliphatic heterocycles. The van der Waals surface area contributed by atoms with Crippen molar-refractivity contribution < 1.29 is 9.53 Å². The van der Waals surface area contributed by atoms with Crippen LogP contribution in [0.4, 0.5) is 0 Å². The van der Waals surface area contributed by atoms with Gasteiger partial charge in [-0.1, -0.05) is 68.1 Å². The molecule has 154 valence electrons. The van der Waals surface area contributed by atoms with Crippen LogP contribution in [0.15, 0.2) is 85.6 Å². The van der Waals surface area contributed by atoms with Gasteiger partial charge >= 0.3 is 5.97 Å². The fourth-order valence-electron chi connectivity index (χ4n) is 3.98. The van der Waals surface area contributed by atoms with Crippen molar-refractivity contribution in [2.75, 3.05) is 0 Å². The third kappa shape index (κ3) is 3.92. The predicted octanol–water partition coefficient (Wildman–Crippen LogP) is 6.33. The molecule has 1 aromatic heterocycles. The zero-order valence-corrected chi connectivity index (χ0v) is 17.7. The maximum Gasteiger partial charge on any atom is 0.335 e. The quantitative estimate of drug-likeness (QED) is 0.175. The van der Waals surface area contributed by atoms with Crippen LogP contribution in [0.3, 0.4) is 0 Å². The van der Waals surface area contributed by atoms with Gasteiger partial charge in [0.05, 0.1) is 11.7 Å². The molecule has 0 fully saturated rings. The fourth-order valence-corrected chi connectivity index (χ4v) is 3.98. The van der Waals surface area contributed by atoms with Crippen LogP contribution in [0.1, 0.15) is 35.6 Å². The molecule has 3 aromatic carbocycles. The summed E-state index contributed by atoms with van der Waals surface area (Å²) < 4.78 is 5.64. The van der Waals surface area contributed by atoms with Gasteiger partial charge < -0.3 is 4.74 Å². The van der Waals surface area contributed by atoms with Crippen LogP contribution in [0.2, 0.25) is 0 Å². The van der Waals surface area contributed by atoms with Crippen LogP contribution < -0.4 is 4.74 Å². The number of carbonyl (C=O) groups excluding carboxylic acids is 1. The smallest absolute Gasteiger partial charge is 0.335 e. The lowest BCUT2D eigenvalue weighted by Gasteiger charge is -2.20. The van der Waals surface area contributed by atoms with Crippen molar-refractivity contribution >= 4 is 28.0 Å². The van der Waals surface area contributed by atoms with Crippen molar-refractivity contribution in [2.24, 2.45) is 0 Å². The lowest BCUT2D eigenvalue weighted by molar-refractivity contribution is -0.128. The first-order valence-corrected chi connectivity index (χ1v) is 10.3. The minimum absolute atomic E-state index is 0.484. The zero-order valence-electron chi connectivity index (χ0n) is 17.7. The highest BCUT2D eigenvalue weighted by Crippen LogP contribution is 2.41. The average Bonchev–Trinajstić information content (AvgIpc) is 3.28. The highest BCUT2D eigenvalue weighted by Gasteiger charge is 2.20. The van der Waals surface area contributed by atoms with E-state index < -0.39 is 5.97 Å². The van der Waals surface area contributed by atoms with Gasteiger partial charge in [-0.05, 0) is 53.3 Å². The number of carbonyl (C=O) groups is 1. The highest BCUT2D eigenvalue weighted by atomic mass is 16.5. The Morgan fingerprint density at radius 1 is 1.00 bits per heavy atom. The van der Waals surface area contributed by atoms with Crippen molar-refractivity contribution in [3.63, 3.8) is 0 Å². The fraction of sp³-hybridized carbons (Fsp3) is 0.111. The predicted molar refractivity (Wildman–Crippen MR) is 126 cm³/mol. The molecule has 31 heavy (non-hydrogen) atoms. The standard InChI is InChI=1S/C27H24N2O2/c1-4-19(20-12-7-6-11-18(20)3)27(21-14-10-15-24-23(21)17-28-29-24)22-13-8-9-16-25(22)31-26(30)5-2/h5-17H,2,4H2,1,3H3,(H,28,29)/b27-19+. The SMILES string of the molecule is C=CC(=O)Oc1ccccc1/C(=C(\CC)c1ccccc1C)c1cccc2[nH]ncc12. The van der Waals surface area contributed by atoms with Gasteiger partial charge in [0.25, 0.3) is 0 Å². The van der Waals surface area contributed by atoms with Gasteiger partial charge in [0, 0.05) is 17.0 Å². The molecule has 0 saturated heterocycles. The number of para-hydroxylation sites is 1. The Morgan fingerprint density at radius 2 is 1.71 bits per heavy atom. The number of fused-ring (bicyclic) bond motifs is 1. The molecule has 0 spiro atoms. The molecule has 0 aliphatic rings. The number of hydrogen-bond acceptors (Lipinski definition) is 3. The molecular formula is C27H24N2O2. The maximum absolute atomic E-state index is 12.1. The molecule has 0 saturated carbocycles. The summed E-state index contributed by atoms with van der Waals surface area (Å²) in [4.78, 5) is 12.1. The number of nitrogens with zero attached hydrogens (tertiary/aromatic N) is 1. The average molecular weight is 409 g/mol. The molecule has 0 aliphatic carbocycles. The Labute approximate surface area is 181 Å². The van der Waals surface area contributed by atoms with E-state index in [9.17, 15) is 4.79 Å². The number of nitrogens with one attached hydrogen (secondary N) is 1. The summed E-state index contributed by atoms with van der Waals surface area (Å²) in [6.07, 6.45) is 3.82. The number of benzene rings is 3. The topological polar surface area (TPSA) is 55.0 Å². The Hall–Kier alpha value is -3.92. The number of ether oxygens (including phenoxy) is 1. The van der Waals surface area contributed by atoms with E-state index in [1.807, 2.05) is 48.7 Å². The van der Waals surface area contributed by atoms with E-state index >= 15 is 0 Å². The van der Waals surface area contributed by atoms with Crippen molar-refractivity contribution in [1.82, 2.24) is 10.2 Å². The Bertz CT molecular complexity index is 1300. The monoisotopic (exact) mass is 408 g/mol. The molecule has 1 heterocycles. The molecule has 0 amide bonds. The highest BCUT2D eigenvalue weighted by molar-refractivity contribution is 6.07. The summed E-state index contributed by atoms with van der Waals surface area (Å²) in [7, 11) is 0. The molecular weight excluding hydrogens is 384 g/mol. The summed E-state index contributed by atoms with van der Waals surface area (Å²) >= 11 is 0. The van der Waals surface area contributed by atoms with Gasteiger partial charge in [0.1, 0.15) is 5.75 Å². The molecule has 0 radical (unpaired) electrons. The van der Waals surface area contributed by atoms with E-state index in [4.69, 9.17) is 4.74 Å². The molecule has 4 rings (SSSR count). The molecule has 0 bridgehead atoms. The zero-order chi connectivity index (χ0) is 21.8. The minimum atomic E-state index is -0.484. The Kier molecular flexibility index (Phi) is 5.80. The lowest BCUT2D eigenvalue weighted by Crippen LogP contribution is -2.06. The number of rotatable bonds is 6. The molecule has 4 heteroatoms. The van der Waals surface area contributed by atoms with Crippen LogP contribution in [-0.4, -0.2) is 16.2 Å². The summed E-state index contributed by atoms with van der Waals surface area (Å²) in [6, 6.07) is 22.1. The summed E-state index contributed by atoms with van der Waals surface area (Å²) in [5.41, 5.74) is 7.41. The van der Waals surface area contributed by atoms with Crippen molar-refractivity contribution in [3.05, 3.63) is 108 Å². The number of hydrogen-bond donors (Lipinski definition) is 1. The van der Waals surface area contributed by atoms with E-state index in [0.29, 0.717) is 5.75 Å². The largest absolute Gasteiger partial charge is 0.423 e. The van der Waals surface area contributed by atoms with E-state index in [1.54, 1.807) is 0 Å². The van der Waals surface area contributed by atoms with Gasteiger partial charge in [-0.3, -0.25) is 5.10 Å². The molecule has 0 atom stereocenters. The van der Waals surface area contributed by atoms with Crippen molar-refractivity contribution in [2.45, 2.75) is 20.3 Å². The second kappa shape index (κ2) is 8.84. The Morgan fingerprint density at radius 3 is 2.45 bits per heavy atom. The second-order valence-corrected chi connectivity index (χ2v) is 7.28. The number of aryl methyl sites for hydroxylation is 1. The van der Waals surface area contributed by atoms with Gasteiger partial charge in [-0.15, -0.1) is 0 Å². The lowest BCUT2D eigenvalue weighted by atomic mass is 9.85. The first-order chi connectivity index (χ1) is 15.1. The van der Waals surface area contributed by atoms with E-state index in [-0.39, 0.29) is 0 Å². The van der Waals surface area contributed by atoms with E-state index in [0.717, 1.165) is 34.0 Å². The van der Waals surface area contributed by atoms with E-state index in [2.05, 4.69) is 54.9 Å².